The van der Waals surface area contributed by atoms with Crippen LogP contribution in [0.4, 0.5) is 9.18 Å². The summed E-state index contributed by atoms with van der Waals surface area (Å²) >= 11 is 6.05. The molecule has 6 unspecified atom stereocenters. The normalized spacial score (nSPS) is 23.0. The smallest absolute Gasteiger partial charge is 0.410 e. The lowest BCUT2D eigenvalue weighted by Crippen LogP contribution is -2.70. The first-order valence-electron chi connectivity index (χ1n) is 21.5. The lowest BCUT2D eigenvalue weighted by molar-refractivity contribution is -0.256. The minimum Gasteiger partial charge on any atom is -0.459 e. The summed E-state index contributed by atoms with van der Waals surface area (Å²) in [5, 5.41) is 24.5. The molecule has 0 saturated heterocycles. The van der Waals surface area contributed by atoms with Crippen molar-refractivity contribution in [2.75, 3.05) is 39.4 Å². The lowest BCUT2D eigenvalue weighted by atomic mass is 9.55. The molecule has 2 aliphatic carbocycles. The summed E-state index contributed by atoms with van der Waals surface area (Å²) in [5.41, 5.74) is 5.31. The van der Waals surface area contributed by atoms with E-state index in [-0.39, 0.29) is 63.0 Å². The number of alkyl halides is 1. The number of ether oxygens (including phenoxy) is 4. The molecule has 0 bridgehead atoms. The number of nitrogens with zero attached hydrogens (tertiary/aromatic N) is 2. The average molecular weight is 867 g/mol. The molecule has 4 aromatic rings. The molecule has 62 heavy (non-hydrogen) atoms. The van der Waals surface area contributed by atoms with Crippen molar-refractivity contribution < 1.29 is 43.2 Å². The van der Waals surface area contributed by atoms with Crippen LogP contribution in [0.5, 0.6) is 17.2 Å². The highest BCUT2D eigenvalue weighted by Gasteiger charge is 2.65. The van der Waals surface area contributed by atoms with E-state index in [1.807, 2.05) is 54.6 Å². The second-order valence-electron chi connectivity index (χ2n) is 16.0. The summed E-state index contributed by atoms with van der Waals surface area (Å²) in [4.78, 5) is 21.5. The van der Waals surface area contributed by atoms with Gasteiger partial charge in [0.05, 0.1) is 24.1 Å². The molecule has 1 amide bonds. The molecule has 0 aromatic heterocycles. The number of carbonyl (C=O) groups excluding carboxylic acids is 1. The molecule has 1 fully saturated rings. The number of amides is 1. The van der Waals surface area contributed by atoms with Gasteiger partial charge in [-0.2, -0.15) is 0 Å². The Morgan fingerprint density at radius 1 is 0.952 bits per heavy atom. The fourth-order valence-electron chi connectivity index (χ4n) is 9.60. The van der Waals surface area contributed by atoms with E-state index < -0.39 is 29.7 Å². The van der Waals surface area contributed by atoms with Crippen molar-refractivity contribution >= 4 is 23.4 Å². The van der Waals surface area contributed by atoms with E-state index in [4.69, 9.17) is 35.4 Å². The van der Waals surface area contributed by atoms with E-state index in [0.717, 1.165) is 47.9 Å². The SMILES string of the molecule is C=CCOC12Oc3ccc(Oc4ccc(-c5ccccc5)cc4)cc3C3C(CCCCO)C(CCCCO)C=C(C(=NOC)CC1N(Cc1ccc(F)cc1)C(=O)OCCCl)C32. The van der Waals surface area contributed by atoms with Crippen molar-refractivity contribution in [1.82, 2.24) is 4.90 Å². The van der Waals surface area contributed by atoms with Crippen molar-refractivity contribution in [2.24, 2.45) is 22.9 Å². The van der Waals surface area contributed by atoms with Crippen LogP contribution in [0.2, 0.25) is 0 Å². The number of carbonyl (C=O) groups is 1. The number of fused-ring (bicyclic) bond motifs is 2. The number of aliphatic hydroxyl groups is 2. The molecule has 12 heteroatoms. The van der Waals surface area contributed by atoms with E-state index in [9.17, 15) is 19.4 Å². The van der Waals surface area contributed by atoms with Gasteiger partial charge in [0.15, 0.2) is 0 Å². The van der Waals surface area contributed by atoms with Crippen LogP contribution in [0.3, 0.4) is 0 Å². The maximum absolute atomic E-state index is 14.4. The lowest BCUT2D eigenvalue weighted by Gasteiger charge is -2.59. The summed E-state index contributed by atoms with van der Waals surface area (Å²) in [5.74, 6) is -0.665. The number of unbranched alkanes of at least 4 members (excludes halogenated alkanes) is 2. The van der Waals surface area contributed by atoms with Gasteiger partial charge in [0.2, 0.25) is 5.79 Å². The quantitative estimate of drug-likeness (QED) is 0.0390. The topological polar surface area (TPSA) is 119 Å². The highest BCUT2D eigenvalue weighted by atomic mass is 35.5. The Kier molecular flexibility index (Phi) is 15.4. The number of hydrogen-bond donors (Lipinski definition) is 2. The number of hydrogen-bond acceptors (Lipinski definition) is 9. The molecule has 7 rings (SSSR count). The predicted octanol–water partition coefficient (Wildman–Crippen LogP) is 10.4. The van der Waals surface area contributed by atoms with Crippen LogP contribution in [0.25, 0.3) is 11.1 Å². The molecular formula is C50H56ClFN2O8. The molecule has 1 aliphatic heterocycles. The van der Waals surface area contributed by atoms with Crippen LogP contribution in [-0.4, -0.2) is 78.2 Å². The first kappa shape index (κ1) is 44.8. The van der Waals surface area contributed by atoms with Gasteiger partial charge in [-0.1, -0.05) is 84.7 Å². The average Bonchev–Trinajstić information content (AvgIpc) is 3.29. The van der Waals surface area contributed by atoms with Gasteiger partial charge in [0.1, 0.15) is 42.8 Å². The van der Waals surface area contributed by atoms with Gasteiger partial charge in [0.25, 0.3) is 0 Å². The molecule has 3 aliphatic rings. The monoisotopic (exact) mass is 866 g/mol. The first-order valence-corrected chi connectivity index (χ1v) is 22.1. The van der Waals surface area contributed by atoms with Gasteiger partial charge in [0, 0.05) is 37.7 Å². The maximum Gasteiger partial charge on any atom is 0.410 e. The molecule has 4 aromatic carbocycles. The summed E-state index contributed by atoms with van der Waals surface area (Å²) in [6.45, 7) is 4.26. The van der Waals surface area contributed by atoms with E-state index in [0.29, 0.717) is 41.4 Å². The molecule has 10 nitrogen and oxygen atoms in total. The van der Waals surface area contributed by atoms with Crippen LogP contribution in [-0.2, 0) is 20.9 Å². The van der Waals surface area contributed by atoms with Gasteiger partial charge >= 0.3 is 6.09 Å². The van der Waals surface area contributed by atoms with Crippen LogP contribution in [0.1, 0.15) is 62.0 Å². The van der Waals surface area contributed by atoms with Gasteiger partial charge in [-0.05, 0) is 102 Å². The third-order valence-electron chi connectivity index (χ3n) is 12.2. The number of aliphatic hydroxyl groups excluding tert-OH is 2. The fraction of sp³-hybridized carbons (Fsp3) is 0.400. The van der Waals surface area contributed by atoms with E-state index in [1.165, 1.54) is 19.2 Å². The summed E-state index contributed by atoms with van der Waals surface area (Å²) < 4.78 is 40.8. The molecule has 328 valence electrons. The van der Waals surface area contributed by atoms with Crippen molar-refractivity contribution in [3.8, 4) is 28.4 Å². The third-order valence-corrected chi connectivity index (χ3v) is 12.4. The van der Waals surface area contributed by atoms with Gasteiger partial charge in [-0.3, -0.25) is 4.90 Å². The van der Waals surface area contributed by atoms with Crippen molar-refractivity contribution in [1.29, 1.82) is 0 Å². The van der Waals surface area contributed by atoms with Crippen LogP contribution in [0, 0.1) is 23.6 Å². The summed E-state index contributed by atoms with van der Waals surface area (Å²) in [6, 6.07) is 29.2. The minimum absolute atomic E-state index is 0.0139. The largest absolute Gasteiger partial charge is 0.459 e. The molecule has 6 atom stereocenters. The Hall–Kier alpha value is -5.20. The third kappa shape index (κ3) is 9.87. The second-order valence-corrected chi connectivity index (χ2v) is 16.4. The molecular weight excluding hydrogens is 811 g/mol. The summed E-state index contributed by atoms with van der Waals surface area (Å²) in [6.07, 6.45) is 7.93. The van der Waals surface area contributed by atoms with Crippen molar-refractivity contribution in [2.45, 2.75) is 69.2 Å². The van der Waals surface area contributed by atoms with E-state index >= 15 is 0 Å². The number of oxime groups is 1. The Bertz CT molecular complexity index is 2170. The molecule has 0 radical (unpaired) electrons. The second kappa shape index (κ2) is 21.3. The predicted molar refractivity (Wildman–Crippen MR) is 238 cm³/mol. The standard InChI is InChI=1S/C50H56ClFN2O8/c1-3-28-60-50-46(54(49(57)59-29-25-51)33-34-15-19-38(52)20-16-34)32-44(53-58-2)42-30-37(13-7-9-26-55)41(14-8-10-27-56)47(48(42)50)43-31-40(23-24-45(43)62-50)61-39-21-17-36(18-22-39)35-11-5-4-6-12-35/h3-6,11-12,15-24,30-31,37,41,46-48,55-56H,1,7-10,13-14,25-29,32-33H2,2H3. The Morgan fingerprint density at radius 3 is 2.35 bits per heavy atom. The van der Waals surface area contributed by atoms with Crippen LogP contribution >= 0.6 is 11.6 Å². The fourth-order valence-corrected chi connectivity index (χ4v) is 9.68. The molecule has 1 heterocycles. The molecule has 2 N–H and O–H groups in total. The maximum atomic E-state index is 14.4. The van der Waals surface area contributed by atoms with Gasteiger partial charge < -0.3 is 34.0 Å². The highest BCUT2D eigenvalue weighted by Crippen LogP contribution is 2.62. The van der Waals surface area contributed by atoms with Crippen LogP contribution in [0.15, 0.2) is 127 Å². The van der Waals surface area contributed by atoms with Crippen LogP contribution < -0.4 is 9.47 Å². The zero-order valence-electron chi connectivity index (χ0n) is 35.2. The highest BCUT2D eigenvalue weighted by molar-refractivity contribution is 6.18. The van der Waals surface area contributed by atoms with Crippen molar-refractivity contribution in [3.63, 3.8) is 0 Å². The molecule has 1 saturated carbocycles. The van der Waals surface area contributed by atoms with E-state index in [1.54, 1.807) is 23.1 Å². The Morgan fingerprint density at radius 2 is 1.66 bits per heavy atom. The van der Waals surface area contributed by atoms with Crippen molar-refractivity contribution in [3.05, 3.63) is 138 Å². The number of allylic oxidation sites excluding steroid dienone is 1. The van der Waals surface area contributed by atoms with Gasteiger partial charge in [-0.25, -0.2) is 9.18 Å². The minimum atomic E-state index is -1.51. The zero-order chi connectivity index (χ0) is 43.5. The number of halogens is 2. The number of benzene rings is 4. The number of rotatable bonds is 20. The zero-order valence-corrected chi connectivity index (χ0v) is 35.9. The summed E-state index contributed by atoms with van der Waals surface area (Å²) in [7, 11) is 1.50. The van der Waals surface area contributed by atoms with E-state index in [2.05, 4.69) is 36.0 Å². The Labute approximate surface area is 368 Å². The first-order chi connectivity index (χ1) is 30.3. The molecule has 0 spiro atoms. The Balaban J connectivity index is 1.40. The van der Waals surface area contributed by atoms with Gasteiger partial charge in [-0.15, -0.1) is 18.2 Å².